The molecule has 0 aliphatic carbocycles. The molecule has 26 heavy (non-hydrogen) atoms. The summed E-state index contributed by atoms with van der Waals surface area (Å²) in [6.45, 7) is -0.884. The maximum atomic E-state index is 12.1. The van der Waals surface area contributed by atoms with Crippen molar-refractivity contribution in [3.05, 3.63) is 59.7 Å². The van der Waals surface area contributed by atoms with Gasteiger partial charge in [-0.05, 0) is 29.8 Å². The number of anilines is 1. The second kappa shape index (κ2) is 7.07. The monoisotopic (exact) mass is 363 g/mol. The van der Waals surface area contributed by atoms with Crippen LogP contribution < -0.4 is 10.2 Å². The Balaban J connectivity index is 1.64. The summed E-state index contributed by atoms with van der Waals surface area (Å²) in [5, 5.41) is 1.84. The summed E-state index contributed by atoms with van der Waals surface area (Å²) in [5.41, 5.74) is 2.47. The number of fused-ring (bicyclic) bond motifs is 1. The highest BCUT2D eigenvalue weighted by molar-refractivity contribution is 5.94. The third-order valence-corrected chi connectivity index (χ3v) is 3.69. The molecule has 2 aromatic carbocycles. The zero-order chi connectivity index (χ0) is 18.7. The summed E-state index contributed by atoms with van der Waals surface area (Å²) in [4.78, 5) is 17.9. The normalized spacial score (nSPS) is 11.5. The molecule has 1 amide bonds. The molecule has 0 unspecified atom stereocenters. The van der Waals surface area contributed by atoms with E-state index in [9.17, 15) is 18.0 Å². The minimum Gasteiger partial charge on any atom is -0.423 e. The lowest BCUT2D eigenvalue weighted by Crippen LogP contribution is -2.33. The van der Waals surface area contributed by atoms with E-state index in [4.69, 9.17) is 4.42 Å². The number of para-hydroxylation sites is 2. The van der Waals surface area contributed by atoms with Crippen LogP contribution in [0.5, 0.6) is 0 Å². The number of halogens is 3. The van der Waals surface area contributed by atoms with Crippen molar-refractivity contribution in [2.24, 2.45) is 0 Å². The molecule has 0 bridgehead atoms. The summed E-state index contributed by atoms with van der Waals surface area (Å²) < 4.78 is 42.1. The van der Waals surface area contributed by atoms with Gasteiger partial charge in [0.1, 0.15) is 12.1 Å². The van der Waals surface area contributed by atoms with Gasteiger partial charge in [0.15, 0.2) is 5.58 Å². The molecule has 0 spiro atoms. The molecule has 3 aromatic rings. The van der Waals surface area contributed by atoms with Gasteiger partial charge in [0.25, 0.3) is 11.9 Å². The highest BCUT2D eigenvalue weighted by atomic mass is 19.4. The molecule has 1 heterocycles. The highest BCUT2D eigenvalue weighted by Crippen LogP contribution is 2.22. The molecule has 1 aromatic heterocycles. The average molecular weight is 363 g/mol. The Morgan fingerprint density at radius 1 is 1.15 bits per heavy atom. The van der Waals surface area contributed by atoms with Gasteiger partial charge in [0, 0.05) is 19.2 Å². The Morgan fingerprint density at radius 3 is 2.50 bits per heavy atom. The number of nitrogens with one attached hydrogen (secondary N) is 1. The number of aromatic nitrogens is 1. The molecule has 0 radical (unpaired) electrons. The van der Waals surface area contributed by atoms with Crippen molar-refractivity contribution in [3.8, 4) is 0 Å². The third-order valence-electron chi connectivity index (χ3n) is 3.69. The van der Waals surface area contributed by atoms with Gasteiger partial charge in [-0.1, -0.05) is 24.3 Å². The van der Waals surface area contributed by atoms with E-state index in [1.807, 2.05) is 36.6 Å². The van der Waals surface area contributed by atoms with Gasteiger partial charge in [-0.2, -0.15) is 18.2 Å². The molecule has 0 aliphatic heterocycles. The summed E-state index contributed by atoms with van der Waals surface area (Å²) in [5.74, 6) is -0.763. The predicted molar refractivity (Wildman–Crippen MR) is 90.9 cm³/mol. The maximum Gasteiger partial charge on any atom is 0.405 e. The van der Waals surface area contributed by atoms with Gasteiger partial charge in [0.05, 0.1) is 0 Å². The largest absolute Gasteiger partial charge is 0.423 e. The first kappa shape index (κ1) is 17.8. The number of carbonyl (C=O) groups excluding carboxylic acids is 1. The molecule has 0 fully saturated rings. The van der Waals surface area contributed by atoms with Crippen molar-refractivity contribution in [2.45, 2.75) is 12.7 Å². The van der Waals surface area contributed by atoms with Crippen LogP contribution >= 0.6 is 0 Å². The Bertz CT molecular complexity index is 871. The zero-order valence-corrected chi connectivity index (χ0v) is 13.9. The number of rotatable bonds is 5. The number of carbonyl (C=O) groups is 1. The maximum absolute atomic E-state index is 12.1. The van der Waals surface area contributed by atoms with Crippen LogP contribution in [-0.2, 0) is 6.54 Å². The standard InChI is InChI=1S/C18H16F3N3O2/c1-24(17-23-14-4-2-3-5-15(14)26-17)10-12-6-8-13(9-7-12)16(25)22-11-18(19,20)21/h2-9H,10-11H2,1H3,(H,22,25). The van der Waals surface area contributed by atoms with E-state index in [0.29, 0.717) is 18.1 Å². The van der Waals surface area contributed by atoms with Crippen LogP contribution in [-0.4, -0.2) is 30.7 Å². The molecule has 8 heteroatoms. The van der Waals surface area contributed by atoms with Crippen molar-refractivity contribution in [3.63, 3.8) is 0 Å². The van der Waals surface area contributed by atoms with E-state index in [1.54, 1.807) is 17.0 Å². The highest BCUT2D eigenvalue weighted by Gasteiger charge is 2.27. The van der Waals surface area contributed by atoms with Gasteiger partial charge in [-0.15, -0.1) is 0 Å². The minimum absolute atomic E-state index is 0.169. The van der Waals surface area contributed by atoms with Gasteiger partial charge in [-0.25, -0.2) is 0 Å². The van der Waals surface area contributed by atoms with Gasteiger partial charge < -0.3 is 14.6 Å². The van der Waals surface area contributed by atoms with Crippen molar-refractivity contribution < 1.29 is 22.4 Å². The second-order valence-electron chi connectivity index (χ2n) is 5.82. The SMILES string of the molecule is CN(Cc1ccc(C(=O)NCC(F)(F)F)cc1)c1nc2ccccc2o1. The summed E-state index contributed by atoms with van der Waals surface area (Å²) in [6.07, 6.45) is -4.43. The molecule has 3 rings (SSSR count). The van der Waals surface area contributed by atoms with Crippen LogP contribution in [0.15, 0.2) is 52.9 Å². The fourth-order valence-electron chi connectivity index (χ4n) is 2.41. The lowest BCUT2D eigenvalue weighted by Gasteiger charge is -2.14. The Morgan fingerprint density at radius 2 is 1.85 bits per heavy atom. The third kappa shape index (κ3) is 4.33. The molecule has 136 valence electrons. The Hall–Kier alpha value is -3.03. The molecule has 5 nitrogen and oxygen atoms in total. The fourth-order valence-corrected chi connectivity index (χ4v) is 2.41. The summed E-state index contributed by atoms with van der Waals surface area (Å²) >= 11 is 0. The molecule has 0 aliphatic rings. The van der Waals surface area contributed by atoms with E-state index in [1.165, 1.54) is 12.1 Å². The predicted octanol–water partition coefficient (Wildman–Crippen LogP) is 3.76. The second-order valence-corrected chi connectivity index (χ2v) is 5.82. The lowest BCUT2D eigenvalue weighted by molar-refractivity contribution is -0.123. The van der Waals surface area contributed by atoms with Crippen LogP contribution in [0, 0.1) is 0 Å². The Labute approximate surface area is 147 Å². The molecular weight excluding hydrogens is 347 g/mol. The van der Waals surface area contributed by atoms with E-state index in [0.717, 1.165) is 11.1 Å². The quantitative estimate of drug-likeness (QED) is 0.750. The molecule has 0 saturated heterocycles. The first-order valence-corrected chi connectivity index (χ1v) is 7.82. The molecule has 1 N–H and O–H groups in total. The summed E-state index contributed by atoms with van der Waals surface area (Å²) in [7, 11) is 1.81. The van der Waals surface area contributed by atoms with Crippen molar-refractivity contribution in [1.29, 1.82) is 0 Å². The molecule has 0 atom stereocenters. The van der Waals surface area contributed by atoms with E-state index >= 15 is 0 Å². The summed E-state index contributed by atoms with van der Waals surface area (Å²) in [6, 6.07) is 14.2. The smallest absolute Gasteiger partial charge is 0.405 e. The van der Waals surface area contributed by atoms with Crippen LogP contribution in [0.25, 0.3) is 11.1 Å². The molecule has 0 saturated carbocycles. The molecular formula is C18H16F3N3O2. The number of alkyl halides is 3. The van der Waals surface area contributed by atoms with Crippen LogP contribution in [0.1, 0.15) is 15.9 Å². The number of hydrogen-bond donors (Lipinski definition) is 1. The van der Waals surface area contributed by atoms with Crippen molar-refractivity contribution in [1.82, 2.24) is 10.3 Å². The fraction of sp³-hybridized carbons (Fsp3) is 0.222. The number of amides is 1. The lowest BCUT2D eigenvalue weighted by atomic mass is 10.1. The van der Waals surface area contributed by atoms with Gasteiger partial charge in [-0.3, -0.25) is 4.79 Å². The van der Waals surface area contributed by atoms with E-state index < -0.39 is 18.6 Å². The van der Waals surface area contributed by atoms with Gasteiger partial charge in [0.2, 0.25) is 0 Å². The number of oxazole rings is 1. The number of benzene rings is 2. The zero-order valence-electron chi connectivity index (χ0n) is 13.9. The first-order chi connectivity index (χ1) is 12.3. The van der Waals surface area contributed by atoms with Crippen LogP contribution in [0.3, 0.4) is 0 Å². The topological polar surface area (TPSA) is 58.4 Å². The number of nitrogens with zero attached hydrogens (tertiary/aromatic N) is 2. The van der Waals surface area contributed by atoms with Crippen molar-refractivity contribution >= 4 is 23.0 Å². The first-order valence-electron chi connectivity index (χ1n) is 7.82. The van der Waals surface area contributed by atoms with E-state index in [-0.39, 0.29) is 5.56 Å². The Kier molecular flexibility index (Phi) is 4.83. The van der Waals surface area contributed by atoms with E-state index in [2.05, 4.69) is 4.98 Å². The number of hydrogen-bond acceptors (Lipinski definition) is 4. The minimum atomic E-state index is -4.43. The van der Waals surface area contributed by atoms with Crippen LogP contribution in [0.4, 0.5) is 19.2 Å². The van der Waals surface area contributed by atoms with Crippen LogP contribution in [0.2, 0.25) is 0 Å². The van der Waals surface area contributed by atoms with Gasteiger partial charge >= 0.3 is 6.18 Å². The van der Waals surface area contributed by atoms with Crippen molar-refractivity contribution in [2.75, 3.05) is 18.5 Å². The average Bonchev–Trinajstić information content (AvgIpc) is 3.04.